The molecule has 1 atom stereocenters. The molecule has 1 aliphatic rings. The second-order valence-corrected chi connectivity index (χ2v) is 5.57. The summed E-state index contributed by atoms with van der Waals surface area (Å²) in [6.07, 6.45) is 6.65. The highest BCUT2D eigenvalue weighted by molar-refractivity contribution is 6.31. The van der Waals surface area contributed by atoms with Crippen molar-refractivity contribution < 1.29 is 0 Å². The van der Waals surface area contributed by atoms with E-state index in [0.29, 0.717) is 10.9 Å². The molecule has 0 radical (unpaired) electrons. The molecule has 0 saturated heterocycles. The van der Waals surface area contributed by atoms with Crippen LogP contribution in [0.1, 0.15) is 44.3 Å². The van der Waals surface area contributed by atoms with Crippen molar-refractivity contribution in [2.45, 2.75) is 38.6 Å². The monoisotopic (exact) mass is 256 g/mol. The number of halogens is 1. The van der Waals surface area contributed by atoms with E-state index in [1.807, 2.05) is 11.7 Å². The maximum absolute atomic E-state index is 6.19. The van der Waals surface area contributed by atoms with Gasteiger partial charge < -0.3 is 0 Å². The van der Waals surface area contributed by atoms with E-state index in [1.165, 1.54) is 25.7 Å². The van der Waals surface area contributed by atoms with Crippen molar-refractivity contribution in [3.05, 3.63) is 16.9 Å². The molecule has 0 aliphatic heterocycles. The minimum absolute atomic E-state index is 0.113. The quantitative estimate of drug-likeness (QED) is 0.645. The van der Waals surface area contributed by atoms with Crippen LogP contribution in [-0.4, -0.2) is 9.78 Å². The zero-order chi connectivity index (χ0) is 12.4. The second kappa shape index (κ2) is 5.38. The lowest BCUT2D eigenvalue weighted by Crippen LogP contribution is -2.36. The van der Waals surface area contributed by atoms with Crippen LogP contribution in [-0.2, 0) is 7.05 Å². The minimum atomic E-state index is 0.113. The first kappa shape index (κ1) is 12.9. The van der Waals surface area contributed by atoms with Gasteiger partial charge in [0.15, 0.2) is 0 Å². The second-order valence-electron chi connectivity index (χ2n) is 5.17. The molecule has 3 N–H and O–H groups in total. The summed E-state index contributed by atoms with van der Waals surface area (Å²) in [6.45, 7) is 2.32. The number of nitrogens with two attached hydrogens (primary N) is 1. The molecule has 0 aromatic carbocycles. The Kier molecular flexibility index (Phi) is 4.07. The average molecular weight is 257 g/mol. The molecule has 1 heterocycles. The highest BCUT2D eigenvalue weighted by Gasteiger charge is 2.29. The van der Waals surface area contributed by atoms with Gasteiger partial charge >= 0.3 is 0 Å². The summed E-state index contributed by atoms with van der Waals surface area (Å²) >= 11 is 6.19. The molecule has 1 unspecified atom stereocenters. The van der Waals surface area contributed by atoms with Crippen molar-refractivity contribution >= 4 is 11.6 Å². The highest BCUT2D eigenvalue weighted by atomic mass is 35.5. The van der Waals surface area contributed by atoms with Crippen molar-refractivity contribution in [1.29, 1.82) is 0 Å². The zero-order valence-corrected chi connectivity index (χ0v) is 11.2. The third-order valence-electron chi connectivity index (χ3n) is 3.94. The fraction of sp³-hybridized carbons (Fsp3) is 0.750. The van der Waals surface area contributed by atoms with Crippen LogP contribution in [0.5, 0.6) is 0 Å². The Labute approximate surface area is 107 Å². The fourth-order valence-electron chi connectivity index (χ4n) is 2.83. The van der Waals surface area contributed by atoms with E-state index in [0.717, 1.165) is 11.6 Å². The van der Waals surface area contributed by atoms with Crippen LogP contribution in [0, 0.1) is 11.8 Å². The first-order valence-corrected chi connectivity index (χ1v) is 6.64. The number of nitrogens with zero attached hydrogens (tertiary/aromatic N) is 2. The van der Waals surface area contributed by atoms with E-state index in [1.54, 1.807) is 6.20 Å². The molecule has 1 fully saturated rings. The molecule has 1 aliphatic carbocycles. The van der Waals surface area contributed by atoms with Crippen LogP contribution in [0.15, 0.2) is 6.20 Å². The van der Waals surface area contributed by atoms with Gasteiger partial charge in [-0.1, -0.05) is 31.4 Å². The van der Waals surface area contributed by atoms with Gasteiger partial charge in [-0.2, -0.15) is 5.10 Å². The van der Waals surface area contributed by atoms with E-state index in [-0.39, 0.29) is 6.04 Å². The molecule has 1 aromatic heterocycles. The number of aromatic nitrogens is 2. The molecular weight excluding hydrogens is 236 g/mol. The van der Waals surface area contributed by atoms with Crippen LogP contribution < -0.4 is 11.3 Å². The molecule has 2 rings (SSSR count). The normalized spacial score (nSPS) is 27.1. The van der Waals surface area contributed by atoms with Gasteiger partial charge in [-0.3, -0.25) is 16.0 Å². The molecule has 0 bridgehead atoms. The summed E-state index contributed by atoms with van der Waals surface area (Å²) < 4.78 is 1.82. The predicted octanol–water partition coefficient (Wildman–Crippen LogP) is 2.40. The maximum Gasteiger partial charge on any atom is 0.0834 e. The van der Waals surface area contributed by atoms with Crippen LogP contribution in [0.4, 0.5) is 0 Å². The smallest absolute Gasteiger partial charge is 0.0834 e. The molecule has 0 spiro atoms. The van der Waals surface area contributed by atoms with Gasteiger partial charge in [-0.05, 0) is 24.7 Å². The summed E-state index contributed by atoms with van der Waals surface area (Å²) in [5.74, 6) is 7.12. The first-order chi connectivity index (χ1) is 8.13. The Balaban J connectivity index is 2.16. The Bertz CT molecular complexity index is 349. The Hall–Kier alpha value is -0.580. The molecule has 0 amide bonds. The highest BCUT2D eigenvalue weighted by Crippen LogP contribution is 2.38. The van der Waals surface area contributed by atoms with E-state index in [2.05, 4.69) is 17.4 Å². The average Bonchev–Trinajstić information content (AvgIpc) is 2.64. The van der Waals surface area contributed by atoms with E-state index in [4.69, 9.17) is 17.4 Å². The van der Waals surface area contributed by atoms with Gasteiger partial charge in [0.25, 0.3) is 0 Å². The van der Waals surface area contributed by atoms with Crippen molar-refractivity contribution in [1.82, 2.24) is 15.2 Å². The largest absolute Gasteiger partial charge is 0.271 e. The Morgan fingerprint density at radius 3 is 2.59 bits per heavy atom. The van der Waals surface area contributed by atoms with Crippen molar-refractivity contribution in [3.63, 3.8) is 0 Å². The van der Waals surface area contributed by atoms with E-state index >= 15 is 0 Å². The summed E-state index contributed by atoms with van der Waals surface area (Å²) in [4.78, 5) is 0. The number of nitrogens with one attached hydrogen (secondary N) is 1. The van der Waals surface area contributed by atoms with E-state index < -0.39 is 0 Å². The number of hydrogen-bond acceptors (Lipinski definition) is 3. The number of aryl methyl sites for hydroxylation is 1. The van der Waals surface area contributed by atoms with Gasteiger partial charge in [0, 0.05) is 7.05 Å². The molecule has 4 nitrogen and oxygen atoms in total. The standard InChI is InChI=1S/C12H21ClN4/c1-8-3-5-9(6-4-8)11(16-14)12-10(13)7-15-17(12)2/h7-9,11,16H,3-6,14H2,1-2H3. The molecule has 1 aromatic rings. The third-order valence-corrected chi connectivity index (χ3v) is 4.23. The van der Waals surface area contributed by atoms with Crippen LogP contribution in [0.25, 0.3) is 0 Å². The van der Waals surface area contributed by atoms with Crippen molar-refractivity contribution in [2.75, 3.05) is 0 Å². The SMILES string of the molecule is CC1CCC(C(NN)c2c(Cl)cnn2C)CC1. The number of hydrogen-bond donors (Lipinski definition) is 2. The van der Waals surface area contributed by atoms with Gasteiger partial charge in [-0.15, -0.1) is 0 Å². The molecule has 96 valence electrons. The fourth-order valence-corrected chi connectivity index (χ4v) is 3.11. The lowest BCUT2D eigenvalue weighted by molar-refractivity contribution is 0.226. The lowest BCUT2D eigenvalue weighted by atomic mass is 9.78. The third kappa shape index (κ3) is 2.64. The van der Waals surface area contributed by atoms with Gasteiger partial charge in [0.1, 0.15) is 0 Å². The summed E-state index contributed by atoms with van der Waals surface area (Å²) in [6, 6.07) is 0.113. The summed E-state index contributed by atoms with van der Waals surface area (Å²) in [7, 11) is 1.91. The van der Waals surface area contributed by atoms with E-state index in [9.17, 15) is 0 Å². The molecule has 5 heteroatoms. The first-order valence-electron chi connectivity index (χ1n) is 6.27. The lowest BCUT2D eigenvalue weighted by Gasteiger charge is -2.32. The van der Waals surface area contributed by atoms with Crippen LogP contribution in [0.3, 0.4) is 0 Å². The minimum Gasteiger partial charge on any atom is -0.271 e. The van der Waals surface area contributed by atoms with Crippen LogP contribution >= 0.6 is 11.6 Å². The number of hydrazine groups is 1. The Morgan fingerprint density at radius 1 is 1.47 bits per heavy atom. The Morgan fingerprint density at radius 2 is 2.12 bits per heavy atom. The predicted molar refractivity (Wildman–Crippen MR) is 69.4 cm³/mol. The van der Waals surface area contributed by atoms with Crippen molar-refractivity contribution in [3.8, 4) is 0 Å². The number of rotatable bonds is 3. The van der Waals surface area contributed by atoms with Crippen LogP contribution in [0.2, 0.25) is 5.02 Å². The van der Waals surface area contributed by atoms with Crippen molar-refractivity contribution in [2.24, 2.45) is 24.7 Å². The zero-order valence-electron chi connectivity index (χ0n) is 10.5. The summed E-state index contributed by atoms with van der Waals surface area (Å²) in [5, 5.41) is 4.89. The maximum atomic E-state index is 6.19. The van der Waals surface area contributed by atoms with Gasteiger partial charge in [0.05, 0.1) is 23.0 Å². The molecular formula is C12H21ClN4. The summed E-state index contributed by atoms with van der Waals surface area (Å²) in [5.41, 5.74) is 3.93. The topological polar surface area (TPSA) is 55.9 Å². The van der Waals surface area contributed by atoms with Gasteiger partial charge in [0.2, 0.25) is 0 Å². The molecule has 17 heavy (non-hydrogen) atoms. The molecule has 1 saturated carbocycles. The van der Waals surface area contributed by atoms with Gasteiger partial charge in [-0.25, -0.2) is 0 Å².